The molecule has 4 nitrogen and oxygen atoms in total. The van der Waals surface area contributed by atoms with Crippen molar-refractivity contribution in [3.8, 4) is 9.88 Å². The standard InChI is InChI=1S/C9H7ClN4S2/c10-7-2-1-6(15-7)8-13-14-4-5(3-11)12-9(14)16-8/h1-2,4H,3,11H2. The monoisotopic (exact) mass is 270 g/mol. The van der Waals surface area contributed by atoms with Crippen molar-refractivity contribution >= 4 is 39.2 Å². The van der Waals surface area contributed by atoms with Crippen LogP contribution in [0.1, 0.15) is 5.69 Å². The Balaban J connectivity index is 2.09. The molecule has 3 aromatic heterocycles. The summed E-state index contributed by atoms with van der Waals surface area (Å²) in [6.07, 6.45) is 1.85. The lowest BCUT2D eigenvalue weighted by atomic mass is 10.5. The number of imidazole rings is 1. The molecule has 0 aliphatic rings. The Kier molecular flexibility index (Phi) is 2.44. The fraction of sp³-hybridized carbons (Fsp3) is 0.111. The van der Waals surface area contributed by atoms with Gasteiger partial charge in [-0.3, -0.25) is 0 Å². The molecule has 0 aromatic carbocycles. The highest BCUT2D eigenvalue weighted by Crippen LogP contribution is 2.33. The summed E-state index contributed by atoms with van der Waals surface area (Å²) in [4.78, 5) is 6.28. The van der Waals surface area contributed by atoms with Gasteiger partial charge in [-0.2, -0.15) is 5.10 Å². The average molecular weight is 271 g/mol. The molecule has 0 unspecified atom stereocenters. The van der Waals surface area contributed by atoms with E-state index >= 15 is 0 Å². The van der Waals surface area contributed by atoms with Gasteiger partial charge in [-0.05, 0) is 12.1 Å². The highest BCUT2D eigenvalue weighted by molar-refractivity contribution is 7.25. The summed E-state index contributed by atoms with van der Waals surface area (Å²) in [5, 5.41) is 5.37. The molecule has 0 saturated carbocycles. The van der Waals surface area contributed by atoms with Crippen LogP contribution in [0.2, 0.25) is 4.34 Å². The van der Waals surface area contributed by atoms with E-state index in [-0.39, 0.29) is 0 Å². The molecule has 0 radical (unpaired) electrons. The maximum atomic E-state index is 5.89. The first-order valence-corrected chi connectivity index (χ1v) is 6.58. The second-order valence-corrected chi connectivity index (χ2v) is 5.85. The zero-order chi connectivity index (χ0) is 11.1. The Labute approximate surface area is 104 Å². The lowest BCUT2D eigenvalue weighted by Crippen LogP contribution is -1.95. The van der Waals surface area contributed by atoms with E-state index < -0.39 is 0 Å². The van der Waals surface area contributed by atoms with Crippen LogP contribution in [0.25, 0.3) is 14.8 Å². The van der Waals surface area contributed by atoms with Gasteiger partial charge in [0.25, 0.3) is 0 Å². The molecule has 0 atom stereocenters. The lowest BCUT2D eigenvalue weighted by molar-refractivity contribution is 0.960. The van der Waals surface area contributed by atoms with Crippen LogP contribution in [0.4, 0.5) is 0 Å². The van der Waals surface area contributed by atoms with Crippen molar-refractivity contribution < 1.29 is 0 Å². The molecule has 16 heavy (non-hydrogen) atoms. The molecular weight excluding hydrogens is 264 g/mol. The fourth-order valence-electron chi connectivity index (χ4n) is 1.37. The van der Waals surface area contributed by atoms with Gasteiger partial charge < -0.3 is 5.73 Å². The zero-order valence-corrected chi connectivity index (χ0v) is 10.4. The second-order valence-electron chi connectivity index (χ2n) is 3.17. The number of hydrogen-bond donors (Lipinski definition) is 1. The Bertz CT molecular complexity index is 607. The van der Waals surface area contributed by atoms with E-state index in [2.05, 4.69) is 10.1 Å². The smallest absolute Gasteiger partial charge is 0.212 e. The molecule has 3 heterocycles. The molecule has 3 aromatic rings. The van der Waals surface area contributed by atoms with Gasteiger partial charge in [0.15, 0.2) is 5.01 Å². The maximum Gasteiger partial charge on any atom is 0.212 e. The molecule has 0 aliphatic heterocycles. The molecule has 0 aliphatic carbocycles. The third-order valence-corrected chi connectivity index (χ3v) is 4.41. The van der Waals surface area contributed by atoms with Gasteiger partial charge in [0.1, 0.15) is 0 Å². The largest absolute Gasteiger partial charge is 0.325 e. The van der Waals surface area contributed by atoms with Crippen molar-refractivity contribution in [1.29, 1.82) is 0 Å². The van der Waals surface area contributed by atoms with Crippen molar-refractivity contribution in [2.24, 2.45) is 5.73 Å². The van der Waals surface area contributed by atoms with Gasteiger partial charge in [0.2, 0.25) is 4.96 Å². The fourth-order valence-corrected chi connectivity index (χ4v) is 3.37. The van der Waals surface area contributed by atoms with E-state index in [0.717, 1.165) is 24.9 Å². The first-order valence-electron chi connectivity index (χ1n) is 4.57. The third kappa shape index (κ3) is 1.63. The number of rotatable bonds is 2. The summed E-state index contributed by atoms with van der Waals surface area (Å²) in [5.74, 6) is 0. The summed E-state index contributed by atoms with van der Waals surface area (Å²) in [6, 6.07) is 3.84. The molecule has 7 heteroatoms. The van der Waals surface area contributed by atoms with Crippen LogP contribution in [0.3, 0.4) is 0 Å². The highest BCUT2D eigenvalue weighted by Gasteiger charge is 2.10. The third-order valence-electron chi connectivity index (χ3n) is 2.09. The van der Waals surface area contributed by atoms with E-state index in [1.54, 1.807) is 4.52 Å². The summed E-state index contributed by atoms with van der Waals surface area (Å²) in [5.41, 5.74) is 6.37. The summed E-state index contributed by atoms with van der Waals surface area (Å²) in [7, 11) is 0. The Morgan fingerprint density at radius 1 is 1.38 bits per heavy atom. The van der Waals surface area contributed by atoms with Crippen LogP contribution in [-0.2, 0) is 6.54 Å². The predicted octanol–water partition coefficient (Wildman–Crippen LogP) is 2.63. The summed E-state index contributed by atoms with van der Waals surface area (Å²) < 4.78 is 2.53. The summed E-state index contributed by atoms with van der Waals surface area (Å²) >= 11 is 8.94. The van der Waals surface area contributed by atoms with Crippen LogP contribution in [0.15, 0.2) is 18.3 Å². The van der Waals surface area contributed by atoms with Crippen molar-refractivity contribution in [1.82, 2.24) is 14.6 Å². The van der Waals surface area contributed by atoms with E-state index in [0.29, 0.717) is 6.54 Å². The van der Waals surface area contributed by atoms with Crippen molar-refractivity contribution in [2.75, 3.05) is 0 Å². The average Bonchev–Trinajstić information content (AvgIpc) is 2.89. The normalized spacial score (nSPS) is 11.4. The Morgan fingerprint density at radius 2 is 2.25 bits per heavy atom. The van der Waals surface area contributed by atoms with E-state index in [9.17, 15) is 0 Å². The second kappa shape index (κ2) is 3.81. The Hall–Kier alpha value is -0.950. The predicted molar refractivity (Wildman–Crippen MR) is 67.1 cm³/mol. The number of thiophene rings is 1. The zero-order valence-electron chi connectivity index (χ0n) is 8.05. The maximum absolute atomic E-state index is 5.89. The molecule has 3 rings (SSSR count). The minimum Gasteiger partial charge on any atom is -0.325 e. The first-order chi connectivity index (χ1) is 7.76. The van der Waals surface area contributed by atoms with Crippen molar-refractivity contribution in [2.45, 2.75) is 6.54 Å². The van der Waals surface area contributed by atoms with Gasteiger partial charge in [-0.1, -0.05) is 22.9 Å². The number of nitrogens with two attached hydrogens (primary N) is 1. The minimum atomic E-state index is 0.441. The molecular formula is C9H7ClN4S2. The SMILES string of the molecule is NCc1cn2nc(-c3ccc(Cl)s3)sc2n1. The van der Waals surface area contributed by atoms with E-state index in [1.807, 2.05) is 18.3 Å². The Morgan fingerprint density at radius 3 is 2.88 bits per heavy atom. The van der Waals surface area contributed by atoms with Crippen LogP contribution >= 0.6 is 34.3 Å². The van der Waals surface area contributed by atoms with Gasteiger partial charge in [-0.15, -0.1) is 11.3 Å². The molecule has 0 spiro atoms. The van der Waals surface area contributed by atoms with Crippen LogP contribution in [0.5, 0.6) is 0 Å². The van der Waals surface area contributed by atoms with Gasteiger partial charge in [0.05, 0.1) is 21.1 Å². The van der Waals surface area contributed by atoms with Crippen LogP contribution in [0, 0.1) is 0 Å². The van der Waals surface area contributed by atoms with Crippen LogP contribution < -0.4 is 5.73 Å². The quantitative estimate of drug-likeness (QED) is 0.779. The van der Waals surface area contributed by atoms with Gasteiger partial charge >= 0.3 is 0 Å². The van der Waals surface area contributed by atoms with Gasteiger partial charge in [-0.25, -0.2) is 9.50 Å². The number of nitrogens with zero attached hydrogens (tertiary/aromatic N) is 3. The van der Waals surface area contributed by atoms with Gasteiger partial charge in [0, 0.05) is 6.54 Å². The summed E-state index contributed by atoms with van der Waals surface area (Å²) in [6.45, 7) is 0.441. The van der Waals surface area contributed by atoms with Crippen LogP contribution in [-0.4, -0.2) is 14.6 Å². The number of fused-ring (bicyclic) bond motifs is 1. The molecule has 2 N–H and O–H groups in total. The molecule has 0 fully saturated rings. The van der Waals surface area contributed by atoms with Crippen molar-refractivity contribution in [3.05, 3.63) is 28.4 Å². The van der Waals surface area contributed by atoms with E-state index in [4.69, 9.17) is 17.3 Å². The molecule has 0 saturated heterocycles. The van der Waals surface area contributed by atoms with E-state index in [1.165, 1.54) is 22.7 Å². The minimum absolute atomic E-state index is 0.441. The highest BCUT2D eigenvalue weighted by atomic mass is 35.5. The molecule has 82 valence electrons. The first kappa shape index (κ1) is 10.2. The van der Waals surface area contributed by atoms with Crippen molar-refractivity contribution in [3.63, 3.8) is 0 Å². The number of halogens is 1. The molecule has 0 bridgehead atoms. The number of hydrogen-bond acceptors (Lipinski definition) is 5. The topological polar surface area (TPSA) is 56.2 Å². The molecule has 0 amide bonds. The lowest BCUT2D eigenvalue weighted by Gasteiger charge is -1.86. The number of aromatic nitrogens is 3.